The number of amides is 1. The van der Waals surface area contributed by atoms with Crippen LogP contribution >= 0.6 is 12.2 Å². The highest BCUT2D eigenvalue weighted by atomic mass is 32.1. The van der Waals surface area contributed by atoms with Crippen LogP contribution < -0.4 is 14.8 Å². The zero-order valence-electron chi connectivity index (χ0n) is 15.4. The predicted octanol–water partition coefficient (Wildman–Crippen LogP) is 2.88. The van der Waals surface area contributed by atoms with Crippen molar-refractivity contribution in [3.8, 4) is 22.8 Å². The van der Waals surface area contributed by atoms with Crippen LogP contribution in [0.5, 0.6) is 11.5 Å². The first-order valence-electron chi connectivity index (χ1n) is 8.73. The molecular weight excluding hydrogens is 382 g/mol. The first-order chi connectivity index (χ1) is 13.6. The summed E-state index contributed by atoms with van der Waals surface area (Å²) in [7, 11) is 3.13. The highest BCUT2D eigenvalue weighted by molar-refractivity contribution is 7.71. The molecule has 0 bridgehead atoms. The van der Waals surface area contributed by atoms with Gasteiger partial charge in [-0.1, -0.05) is 5.16 Å². The summed E-state index contributed by atoms with van der Waals surface area (Å²) in [5.74, 6) is 1.96. The van der Waals surface area contributed by atoms with Gasteiger partial charge in [0, 0.05) is 12.1 Å². The lowest BCUT2D eigenvalue weighted by atomic mass is 10.1. The third kappa shape index (κ3) is 3.50. The summed E-state index contributed by atoms with van der Waals surface area (Å²) in [6.45, 7) is 0.243. The van der Waals surface area contributed by atoms with E-state index in [0.29, 0.717) is 39.5 Å². The Balaban J connectivity index is 1.50. The summed E-state index contributed by atoms with van der Waals surface area (Å²) in [6, 6.07) is 7.23. The molecule has 10 heteroatoms. The van der Waals surface area contributed by atoms with Gasteiger partial charge in [-0.25, -0.2) is 0 Å². The van der Waals surface area contributed by atoms with Gasteiger partial charge in [-0.05, 0) is 43.3 Å². The van der Waals surface area contributed by atoms with E-state index in [1.165, 1.54) is 0 Å². The number of aromatic nitrogens is 4. The summed E-state index contributed by atoms with van der Waals surface area (Å²) in [5, 5.41) is 13.6. The standard InChI is InChI=1S/C18H19N5O4S/c1-25-11-5-6-14(26-2)12(7-11)15-8-13(22-27-15)17(24)19-9-16-20-21-18(28)23(16)10-3-4-10/h5-8,10H,3-4,9H2,1-2H3,(H,19,24)(H,21,28). The van der Waals surface area contributed by atoms with Crippen molar-refractivity contribution in [2.45, 2.75) is 25.4 Å². The lowest BCUT2D eigenvalue weighted by molar-refractivity contribution is 0.0940. The van der Waals surface area contributed by atoms with Gasteiger partial charge >= 0.3 is 0 Å². The van der Waals surface area contributed by atoms with Crippen molar-refractivity contribution in [1.82, 2.24) is 25.2 Å². The maximum atomic E-state index is 12.5. The molecule has 2 N–H and O–H groups in total. The molecule has 0 atom stereocenters. The Morgan fingerprint density at radius 1 is 1.36 bits per heavy atom. The quantitative estimate of drug-likeness (QED) is 0.586. The van der Waals surface area contributed by atoms with E-state index in [0.717, 1.165) is 12.8 Å². The van der Waals surface area contributed by atoms with E-state index in [4.69, 9.17) is 26.2 Å². The topological polar surface area (TPSA) is 107 Å². The van der Waals surface area contributed by atoms with E-state index < -0.39 is 0 Å². The molecule has 0 aliphatic heterocycles. The second-order valence-electron chi connectivity index (χ2n) is 6.37. The Morgan fingerprint density at radius 3 is 2.89 bits per heavy atom. The number of H-pyrrole nitrogens is 1. The van der Waals surface area contributed by atoms with E-state index >= 15 is 0 Å². The van der Waals surface area contributed by atoms with Crippen molar-refractivity contribution in [2.75, 3.05) is 14.2 Å². The summed E-state index contributed by atoms with van der Waals surface area (Å²) in [4.78, 5) is 12.5. The number of hydrogen-bond acceptors (Lipinski definition) is 7. The number of rotatable bonds is 7. The largest absolute Gasteiger partial charge is 0.497 e. The van der Waals surface area contributed by atoms with Crippen LogP contribution in [0.3, 0.4) is 0 Å². The molecule has 1 aliphatic carbocycles. The number of ether oxygens (including phenoxy) is 2. The maximum Gasteiger partial charge on any atom is 0.273 e. The van der Waals surface area contributed by atoms with Gasteiger partial charge in [-0.15, -0.1) is 0 Å². The maximum absolute atomic E-state index is 12.5. The normalized spacial score (nSPS) is 13.4. The predicted molar refractivity (Wildman–Crippen MR) is 102 cm³/mol. The number of carbonyl (C=O) groups excluding carboxylic acids is 1. The van der Waals surface area contributed by atoms with Crippen LogP contribution in [-0.2, 0) is 6.54 Å². The monoisotopic (exact) mass is 401 g/mol. The van der Waals surface area contributed by atoms with Gasteiger partial charge in [-0.3, -0.25) is 14.5 Å². The van der Waals surface area contributed by atoms with Gasteiger partial charge in [0.05, 0.1) is 26.3 Å². The molecule has 1 fully saturated rings. The fourth-order valence-electron chi connectivity index (χ4n) is 2.94. The number of nitrogens with one attached hydrogen (secondary N) is 2. The Kier molecular flexibility index (Phi) is 4.86. The zero-order chi connectivity index (χ0) is 19.7. The third-order valence-electron chi connectivity index (χ3n) is 4.51. The number of hydrogen-bond donors (Lipinski definition) is 2. The first-order valence-corrected chi connectivity index (χ1v) is 9.14. The molecule has 0 unspecified atom stereocenters. The molecule has 4 rings (SSSR count). The van der Waals surface area contributed by atoms with Crippen LogP contribution in [0, 0.1) is 4.77 Å². The molecule has 28 heavy (non-hydrogen) atoms. The molecule has 1 saturated carbocycles. The summed E-state index contributed by atoms with van der Waals surface area (Å²) < 4.78 is 18.5. The molecule has 1 amide bonds. The van der Waals surface area contributed by atoms with Crippen molar-refractivity contribution in [3.63, 3.8) is 0 Å². The lowest BCUT2D eigenvalue weighted by Crippen LogP contribution is -2.25. The highest BCUT2D eigenvalue weighted by Crippen LogP contribution is 2.36. The zero-order valence-corrected chi connectivity index (χ0v) is 16.2. The molecule has 146 valence electrons. The van der Waals surface area contributed by atoms with Crippen molar-refractivity contribution < 1.29 is 18.8 Å². The highest BCUT2D eigenvalue weighted by Gasteiger charge is 2.27. The minimum absolute atomic E-state index is 0.159. The lowest BCUT2D eigenvalue weighted by Gasteiger charge is -2.07. The molecule has 2 aromatic heterocycles. The van der Waals surface area contributed by atoms with Crippen molar-refractivity contribution in [2.24, 2.45) is 0 Å². The molecule has 2 heterocycles. The van der Waals surface area contributed by atoms with Crippen molar-refractivity contribution in [1.29, 1.82) is 0 Å². The van der Waals surface area contributed by atoms with Crippen LogP contribution in [0.25, 0.3) is 11.3 Å². The second-order valence-corrected chi connectivity index (χ2v) is 6.76. The average molecular weight is 401 g/mol. The van der Waals surface area contributed by atoms with Gasteiger partial charge in [0.25, 0.3) is 5.91 Å². The van der Waals surface area contributed by atoms with Gasteiger partial charge in [0.15, 0.2) is 22.0 Å². The minimum atomic E-state index is -0.367. The van der Waals surface area contributed by atoms with Gasteiger partial charge < -0.3 is 19.3 Å². The summed E-state index contributed by atoms with van der Waals surface area (Å²) >= 11 is 5.25. The number of carbonyl (C=O) groups is 1. The summed E-state index contributed by atoms with van der Waals surface area (Å²) in [6.07, 6.45) is 2.15. The molecule has 0 saturated heterocycles. The summed E-state index contributed by atoms with van der Waals surface area (Å²) in [5.41, 5.74) is 0.801. The molecule has 0 spiro atoms. The van der Waals surface area contributed by atoms with Crippen LogP contribution in [0.1, 0.15) is 35.2 Å². The molecule has 9 nitrogen and oxygen atoms in total. The Hall–Kier alpha value is -3.14. The van der Waals surface area contributed by atoms with E-state index in [2.05, 4.69) is 20.7 Å². The first kappa shape index (κ1) is 18.2. The van der Waals surface area contributed by atoms with E-state index in [9.17, 15) is 4.79 Å². The third-order valence-corrected chi connectivity index (χ3v) is 4.80. The smallest absolute Gasteiger partial charge is 0.273 e. The molecular formula is C18H19N5O4S. The number of methoxy groups -OCH3 is 2. The van der Waals surface area contributed by atoms with Crippen LogP contribution in [0.2, 0.25) is 0 Å². The second kappa shape index (κ2) is 7.47. The van der Waals surface area contributed by atoms with Crippen LogP contribution in [0.15, 0.2) is 28.8 Å². The fourth-order valence-corrected chi connectivity index (χ4v) is 3.24. The van der Waals surface area contributed by atoms with Crippen LogP contribution in [0.4, 0.5) is 0 Å². The van der Waals surface area contributed by atoms with Gasteiger partial charge in [-0.2, -0.15) is 5.10 Å². The average Bonchev–Trinajstić information content (AvgIpc) is 3.30. The Labute approximate surface area is 165 Å². The SMILES string of the molecule is COc1ccc(OC)c(-c2cc(C(=O)NCc3n[nH]c(=S)n3C3CC3)no2)c1. The van der Waals surface area contributed by atoms with Gasteiger partial charge in [0.1, 0.15) is 11.5 Å². The van der Waals surface area contributed by atoms with Gasteiger partial charge in [0.2, 0.25) is 0 Å². The Bertz CT molecular complexity index is 1070. The van der Waals surface area contributed by atoms with Crippen LogP contribution in [-0.4, -0.2) is 40.0 Å². The molecule has 3 aromatic rings. The number of aromatic amines is 1. The Morgan fingerprint density at radius 2 is 2.18 bits per heavy atom. The molecule has 1 aromatic carbocycles. The fraction of sp³-hybridized carbons (Fsp3) is 0.333. The number of benzene rings is 1. The van der Waals surface area contributed by atoms with E-state index in [1.807, 2.05) is 4.57 Å². The minimum Gasteiger partial charge on any atom is -0.497 e. The number of nitrogens with zero attached hydrogens (tertiary/aromatic N) is 3. The molecule has 1 aliphatic rings. The van der Waals surface area contributed by atoms with Crippen molar-refractivity contribution >= 4 is 18.1 Å². The van der Waals surface area contributed by atoms with Crippen molar-refractivity contribution in [3.05, 3.63) is 40.6 Å². The van der Waals surface area contributed by atoms with E-state index in [-0.39, 0.29) is 18.1 Å². The van der Waals surface area contributed by atoms with E-state index in [1.54, 1.807) is 38.5 Å². The molecule has 0 radical (unpaired) electrons.